The molecule has 1 aliphatic heterocycles. The van der Waals surface area contributed by atoms with Crippen LogP contribution in [0, 0.1) is 0 Å². The normalized spacial score (nSPS) is 13.7. The first-order chi connectivity index (χ1) is 14.8. The maximum Gasteiger partial charge on any atom is 0.261 e. The van der Waals surface area contributed by atoms with E-state index in [4.69, 9.17) is 0 Å². The molecule has 0 fully saturated rings. The van der Waals surface area contributed by atoms with Crippen LogP contribution < -0.4 is 9.62 Å². The highest BCUT2D eigenvalue weighted by Crippen LogP contribution is 2.32. The van der Waals surface area contributed by atoms with Crippen LogP contribution in [0.25, 0.3) is 0 Å². The van der Waals surface area contributed by atoms with E-state index >= 15 is 0 Å². The first-order valence-corrected chi connectivity index (χ1v) is 11.8. The molecule has 1 aromatic heterocycles. The maximum absolute atomic E-state index is 13.0. The van der Waals surface area contributed by atoms with Crippen molar-refractivity contribution in [2.24, 2.45) is 0 Å². The SMILES string of the molecule is CC(C)c1ccc(S(=O)(=O)Nc2ccc3c(c2)N(C(=O)c2cccnc2)CCC3)cc1. The predicted octanol–water partition coefficient (Wildman–Crippen LogP) is 4.60. The van der Waals surface area contributed by atoms with Crippen molar-refractivity contribution in [2.45, 2.75) is 37.5 Å². The fourth-order valence-corrected chi connectivity index (χ4v) is 4.79. The van der Waals surface area contributed by atoms with Crippen LogP contribution in [-0.2, 0) is 16.4 Å². The summed E-state index contributed by atoms with van der Waals surface area (Å²) in [6.45, 7) is 4.70. The number of carbonyl (C=O) groups is 1. The minimum atomic E-state index is -3.74. The minimum Gasteiger partial charge on any atom is -0.308 e. The van der Waals surface area contributed by atoms with Crippen LogP contribution in [0.5, 0.6) is 0 Å². The molecule has 6 nitrogen and oxygen atoms in total. The van der Waals surface area contributed by atoms with Crippen LogP contribution >= 0.6 is 0 Å². The molecule has 0 spiro atoms. The van der Waals surface area contributed by atoms with Crippen molar-refractivity contribution in [3.63, 3.8) is 0 Å². The highest BCUT2D eigenvalue weighted by atomic mass is 32.2. The third kappa shape index (κ3) is 4.46. The van der Waals surface area contributed by atoms with Crippen LogP contribution in [0.3, 0.4) is 0 Å². The summed E-state index contributed by atoms with van der Waals surface area (Å²) in [6, 6.07) is 15.7. The molecule has 2 aromatic carbocycles. The van der Waals surface area contributed by atoms with E-state index in [2.05, 4.69) is 23.6 Å². The van der Waals surface area contributed by atoms with Gasteiger partial charge in [0.2, 0.25) is 0 Å². The van der Waals surface area contributed by atoms with E-state index in [9.17, 15) is 13.2 Å². The Morgan fingerprint density at radius 3 is 2.55 bits per heavy atom. The second kappa shape index (κ2) is 8.51. The summed E-state index contributed by atoms with van der Waals surface area (Å²) in [6.07, 6.45) is 4.87. The molecule has 4 rings (SSSR count). The van der Waals surface area contributed by atoms with Crippen LogP contribution in [-0.4, -0.2) is 25.9 Å². The van der Waals surface area contributed by atoms with Gasteiger partial charge in [0.25, 0.3) is 15.9 Å². The Bertz CT molecular complexity index is 1190. The lowest BCUT2D eigenvalue weighted by molar-refractivity contribution is 0.0985. The number of aromatic nitrogens is 1. The van der Waals surface area contributed by atoms with Crippen LogP contribution in [0.15, 0.2) is 71.9 Å². The van der Waals surface area contributed by atoms with Crippen molar-refractivity contribution in [1.82, 2.24) is 4.98 Å². The van der Waals surface area contributed by atoms with Crippen molar-refractivity contribution >= 4 is 27.3 Å². The van der Waals surface area contributed by atoms with Crippen molar-refractivity contribution < 1.29 is 13.2 Å². The molecule has 0 atom stereocenters. The van der Waals surface area contributed by atoms with Crippen LogP contribution in [0.4, 0.5) is 11.4 Å². The average Bonchev–Trinajstić information content (AvgIpc) is 2.78. The van der Waals surface area contributed by atoms with Gasteiger partial charge in [-0.05, 0) is 66.3 Å². The molecule has 160 valence electrons. The Morgan fingerprint density at radius 1 is 1.10 bits per heavy atom. The molecule has 0 unspecified atom stereocenters. The number of rotatable bonds is 5. The monoisotopic (exact) mass is 435 g/mol. The lowest BCUT2D eigenvalue weighted by atomic mass is 10.0. The van der Waals surface area contributed by atoms with Gasteiger partial charge in [-0.3, -0.25) is 14.5 Å². The van der Waals surface area contributed by atoms with Gasteiger partial charge in [0.15, 0.2) is 0 Å². The van der Waals surface area contributed by atoms with Crippen molar-refractivity contribution in [1.29, 1.82) is 0 Å². The van der Waals surface area contributed by atoms with Crippen LogP contribution in [0.2, 0.25) is 0 Å². The van der Waals surface area contributed by atoms with Gasteiger partial charge in [0.05, 0.1) is 16.1 Å². The number of carbonyl (C=O) groups excluding carboxylic acids is 1. The minimum absolute atomic E-state index is 0.140. The van der Waals surface area contributed by atoms with E-state index in [0.29, 0.717) is 23.7 Å². The zero-order valence-electron chi connectivity index (χ0n) is 17.6. The number of hydrogen-bond donors (Lipinski definition) is 1. The Hall–Kier alpha value is -3.19. The molecule has 0 bridgehead atoms. The second-order valence-electron chi connectivity index (χ2n) is 7.97. The summed E-state index contributed by atoms with van der Waals surface area (Å²) in [4.78, 5) is 19.0. The molecular weight excluding hydrogens is 410 g/mol. The van der Waals surface area contributed by atoms with E-state index in [1.165, 1.54) is 0 Å². The zero-order chi connectivity index (χ0) is 22.0. The van der Waals surface area contributed by atoms with Gasteiger partial charge >= 0.3 is 0 Å². The van der Waals surface area contributed by atoms with Gasteiger partial charge in [-0.25, -0.2) is 8.42 Å². The molecule has 3 aromatic rings. The van der Waals surface area contributed by atoms with E-state index in [0.717, 1.165) is 29.7 Å². The number of nitrogens with one attached hydrogen (secondary N) is 1. The Kier molecular flexibility index (Phi) is 5.78. The van der Waals surface area contributed by atoms with Crippen molar-refractivity contribution in [3.8, 4) is 0 Å². The topological polar surface area (TPSA) is 79.4 Å². The van der Waals surface area contributed by atoms with Gasteiger partial charge in [-0.15, -0.1) is 0 Å². The van der Waals surface area contributed by atoms with Crippen LogP contribution in [0.1, 0.15) is 47.7 Å². The van der Waals surface area contributed by atoms with E-state index in [-0.39, 0.29) is 10.8 Å². The van der Waals surface area contributed by atoms with E-state index in [1.807, 2.05) is 18.2 Å². The molecule has 0 radical (unpaired) electrons. The molecule has 1 N–H and O–H groups in total. The number of hydrogen-bond acceptors (Lipinski definition) is 4. The van der Waals surface area contributed by atoms with Gasteiger partial charge in [-0.1, -0.05) is 32.0 Å². The highest BCUT2D eigenvalue weighted by molar-refractivity contribution is 7.92. The Balaban J connectivity index is 1.62. The Labute approximate surface area is 183 Å². The summed E-state index contributed by atoms with van der Waals surface area (Å²) in [5.74, 6) is 0.187. The average molecular weight is 436 g/mol. The fraction of sp³-hybridized carbons (Fsp3) is 0.250. The molecule has 0 saturated carbocycles. The van der Waals surface area contributed by atoms with Gasteiger partial charge in [0.1, 0.15) is 0 Å². The van der Waals surface area contributed by atoms with Crippen molar-refractivity contribution in [2.75, 3.05) is 16.2 Å². The third-order valence-electron chi connectivity index (χ3n) is 5.47. The van der Waals surface area contributed by atoms with Gasteiger partial charge in [-0.2, -0.15) is 0 Å². The number of sulfonamides is 1. The predicted molar refractivity (Wildman–Crippen MR) is 122 cm³/mol. The number of benzene rings is 2. The van der Waals surface area contributed by atoms with Crippen molar-refractivity contribution in [3.05, 3.63) is 83.7 Å². The number of pyridine rings is 1. The highest BCUT2D eigenvalue weighted by Gasteiger charge is 2.25. The van der Waals surface area contributed by atoms with E-state index < -0.39 is 10.0 Å². The number of anilines is 2. The first kappa shape index (κ1) is 21.1. The maximum atomic E-state index is 13.0. The number of aryl methyl sites for hydroxylation is 1. The quantitative estimate of drug-likeness (QED) is 0.635. The molecule has 31 heavy (non-hydrogen) atoms. The molecule has 7 heteroatoms. The van der Waals surface area contributed by atoms with E-state index in [1.54, 1.807) is 53.7 Å². The number of nitrogens with zero attached hydrogens (tertiary/aromatic N) is 2. The molecular formula is C24H25N3O3S. The largest absolute Gasteiger partial charge is 0.308 e. The fourth-order valence-electron chi connectivity index (χ4n) is 3.74. The molecule has 1 amide bonds. The number of amides is 1. The third-order valence-corrected chi connectivity index (χ3v) is 6.86. The lowest BCUT2D eigenvalue weighted by Crippen LogP contribution is -2.35. The smallest absolute Gasteiger partial charge is 0.261 e. The van der Waals surface area contributed by atoms with Gasteiger partial charge in [0, 0.05) is 24.6 Å². The molecule has 2 heterocycles. The first-order valence-electron chi connectivity index (χ1n) is 10.3. The molecule has 0 aliphatic carbocycles. The zero-order valence-corrected chi connectivity index (χ0v) is 18.4. The summed E-state index contributed by atoms with van der Waals surface area (Å²) in [5.41, 5.74) is 3.77. The summed E-state index contributed by atoms with van der Waals surface area (Å²) in [7, 11) is -3.74. The summed E-state index contributed by atoms with van der Waals surface area (Å²) < 4.78 is 28.4. The number of fused-ring (bicyclic) bond motifs is 1. The van der Waals surface area contributed by atoms with Gasteiger partial charge < -0.3 is 4.90 Å². The summed E-state index contributed by atoms with van der Waals surface area (Å²) in [5, 5.41) is 0. The lowest BCUT2D eigenvalue weighted by Gasteiger charge is -2.30. The molecule has 0 saturated heterocycles. The Morgan fingerprint density at radius 2 is 1.87 bits per heavy atom. The molecule has 1 aliphatic rings. The standard InChI is InChI=1S/C24H25N3O3S/c1-17(2)18-8-11-22(12-9-18)31(29,30)26-21-10-7-19-6-4-14-27(23(19)15-21)24(28)20-5-3-13-25-16-20/h3,5,7-13,15-17,26H,4,6,14H2,1-2H3. The summed E-state index contributed by atoms with van der Waals surface area (Å²) >= 11 is 0. The second-order valence-corrected chi connectivity index (χ2v) is 9.66.